The van der Waals surface area contributed by atoms with Crippen molar-refractivity contribution in [3.63, 3.8) is 0 Å². The van der Waals surface area contributed by atoms with Gasteiger partial charge in [0.25, 0.3) is 0 Å². The lowest BCUT2D eigenvalue weighted by molar-refractivity contribution is -0.0919. The number of fused-ring (bicyclic) bond motifs is 1. The van der Waals surface area contributed by atoms with E-state index in [9.17, 15) is 0 Å². The molecule has 108 valence electrons. The highest BCUT2D eigenvalue weighted by atomic mass is 16.5. The van der Waals surface area contributed by atoms with Gasteiger partial charge in [-0.3, -0.25) is 0 Å². The van der Waals surface area contributed by atoms with Gasteiger partial charge in [-0.05, 0) is 58.4 Å². The van der Waals surface area contributed by atoms with Crippen LogP contribution in [0.4, 0.5) is 0 Å². The smallest absolute Gasteiger partial charge is 0.134 e. The Bertz CT molecular complexity index is 596. The molecule has 0 aliphatic carbocycles. The molecule has 2 atom stereocenters. The Morgan fingerprint density at radius 3 is 2.80 bits per heavy atom. The molecule has 1 fully saturated rings. The van der Waals surface area contributed by atoms with Gasteiger partial charge in [-0.2, -0.15) is 0 Å². The Morgan fingerprint density at radius 1 is 1.25 bits per heavy atom. The van der Waals surface area contributed by atoms with Crippen LogP contribution in [0, 0.1) is 6.92 Å². The Balaban J connectivity index is 1.98. The summed E-state index contributed by atoms with van der Waals surface area (Å²) in [5, 5.41) is 4.55. The van der Waals surface area contributed by atoms with Crippen LogP contribution >= 0.6 is 0 Å². The Kier molecular flexibility index (Phi) is 3.57. The van der Waals surface area contributed by atoms with Crippen LogP contribution in [0.15, 0.2) is 28.7 Å². The summed E-state index contributed by atoms with van der Waals surface area (Å²) in [6.45, 7) is 5.13. The minimum atomic E-state index is -0.185. The summed E-state index contributed by atoms with van der Waals surface area (Å²) in [6, 6.07) is 8.54. The number of benzene rings is 1. The van der Waals surface area contributed by atoms with Crippen molar-refractivity contribution >= 4 is 11.0 Å². The monoisotopic (exact) mass is 273 g/mol. The Morgan fingerprint density at radius 2 is 2.10 bits per heavy atom. The van der Waals surface area contributed by atoms with Gasteiger partial charge in [0, 0.05) is 12.0 Å². The highest BCUT2D eigenvalue weighted by Gasteiger charge is 2.38. The van der Waals surface area contributed by atoms with Crippen LogP contribution in [-0.2, 0) is 4.74 Å². The summed E-state index contributed by atoms with van der Waals surface area (Å²) in [7, 11) is 1.98. The standard InChI is InChI=1S/C17H23NO2/c1-12-6-7-14-13(10-12)11-15(20-14)16(18-3)17(2)8-4-5-9-19-17/h6-7,10-11,16,18H,4-5,8-9H2,1-3H3. The van der Waals surface area contributed by atoms with Crippen LogP contribution in [0.3, 0.4) is 0 Å². The van der Waals surface area contributed by atoms with Gasteiger partial charge in [0.05, 0.1) is 11.6 Å². The third kappa shape index (κ3) is 2.36. The number of hydrogen-bond donors (Lipinski definition) is 1. The molecule has 0 saturated carbocycles. The first kappa shape index (κ1) is 13.7. The second-order valence-electron chi connectivity index (χ2n) is 6.03. The fraction of sp³-hybridized carbons (Fsp3) is 0.529. The lowest BCUT2D eigenvalue weighted by atomic mass is 9.87. The maximum absolute atomic E-state index is 6.07. The highest BCUT2D eigenvalue weighted by Crippen LogP contribution is 2.38. The van der Waals surface area contributed by atoms with Crippen LogP contribution in [-0.4, -0.2) is 19.3 Å². The molecule has 0 radical (unpaired) electrons. The number of aryl methyl sites for hydroxylation is 1. The van der Waals surface area contributed by atoms with E-state index in [1.165, 1.54) is 17.4 Å². The number of rotatable bonds is 3. The Hall–Kier alpha value is -1.32. The molecular weight excluding hydrogens is 250 g/mol. The zero-order valence-electron chi connectivity index (χ0n) is 12.5. The number of hydrogen-bond acceptors (Lipinski definition) is 3. The molecule has 2 unspecified atom stereocenters. The van der Waals surface area contributed by atoms with Gasteiger partial charge in [0.15, 0.2) is 0 Å². The summed E-state index contributed by atoms with van der Waals surface area (Å²) in [5.74, 6) is 0.970. The van der Waals surface area contributed by atoms with Crippen molar-refractivity contribution in [2.24, 2.45) is 0 Å². The van der Waals surface area contributed by atoms with Gasteiger partial charge in [-0.1, -0.05) is 11.6 Å². The minimum Gasteiger partial charge on any atom is -0.459 e. The maximum Gasteiger partial charge on any atom is 0.134 e. The van der Waals surface area contributed by atoms with Crippen LogP contribution in [0.2, 0.25) is 0 Å². The fourth-order valence-corrected chi connectivity index (χ4v) is 3.26. The van der Waals surface area contributed by atoms with Crippen molar-refractivity contribution in [3.8, 4) is 0 Å². The molecule has 1 aliphatic heterocycles. The molecule has 0 amide bonds. The lowest BCUT2D eigenvalue weighted by Crippen LogP contribution is -2.44. The number of furan rings is 1. The number of nitrogens with one attached hydrogen (secondary N) is 1. The molecule has 3 nitrogen and oxygen atoms in total. The summed E-state index contributed by atoms with van der Waals surface area (Å²) in [5.41, 5.74) is 2.02. The lowest BCUT2D eigenvalue weighted by Gasteiger charge is -2.39. The molecule has 2 heterocycles. The topological polar surface area (TPSA) is 34.4 Å². The molecule has 3 heteroatoms. The van der Waals surface area contributed by atoms with E-state index in [1.54, 1.807) is 0 Å². The number of ether oxygens (including phenoxy) is 1. The maximum atomic E-state index is 6.07. The van der Waals surface area contributed by atoms with Crippen LogP contribution in [0.1, 0.15) is 43.6 Å². The van der Waals surface area contributed by atoms with Crippen LogP contribution in [0.25, 0.3) is 11.0 Å². The van der Waals surface area contributed by atoms with Gasteiger partial charge in [-0.15, -0.1) is 0 Å². The van der Waals surface area contributed by atoms with Crippen molar-refractivity contribution in [2.45, 2.75) is 44.8 Å². The molecule has 1 N–H and O–H groups in total. The molecule has 20 heavy (non-hydrogen) atoms. The van der Waals surface area contributed by atoms with Crippen LogP contribution in [0.5, 0.6) is 0 Å². The SMILES string of the molecule is CNC(c1cc2cc(C)ccc2o1)C1(C)CCCCO1. The van der Waals surface area contributed by atoms with Gasteiger partial charge in [-0.25, -0.2) is 0 Å². The molecule has 2 aromatic rings. The number of likely N-dealkylation sites (N-methyl/N-ethyl adjacent to an activating group) is 1. The summed E-state index contributed by atoms with van der Waals surface area (Å²) >= 11 is 0. The van der Waals surface area contributed by atoms with E-state index >= 15 is 0 Å². The van der Waals surface area contributed by atoms with Gasteiger partial charge in [0.1, 0.15) is 11.3 Å². The van der Waals surface area contributed by atoms with Crippen molar-refractivity contribution in [1.29, 1.82) is 0 Å². The third-order valence-corrected chi connectivity index (χ3v) is 4.37. The van der Waals surface area contributed by atoms with Gasteiger partial charge in [0.2, 0.25) is 0 Å². The molecule has 3 rings (SSSR count). The summed E-state index contributed by atoms with van der Waals surface area (Å²) in [4.78, 5) is 0. The van der Waals surface area contributed by atoms with E-state index < -0.39 is 0 Å². The summed E-state index contributed by atoms with van der Waals surface area (Å²) < 4.78 is 12.1. The fourth-order valence-electron chi connectivity index (χ4n) is 3.26. The first-order valence-electron chi connectivity index (χ1n) is 7.44. The molecule has 0 bridgehead atoms. The second-order valence-corrected chi connectivity index (χ2v) is 6.03. The molecular formula is C17H23NO2. The van der Waals surface area contributed by atoms with Crippen molar-refractivity contribution in [3.05, 3.63) is 35.6 Å². The predicted molar refractivity (Wildman–Crippen MR) is 81.0 cm³/mol. The molecule has 1 aromatic heterocycles. The molecule has 1 aliphatic rings. The van der Waals surface area contributed by atoms with Crippen molar-refractivity contribution in [2.75, 3.05) is 13.7 Å². The quantitative estimate of drug-likeness (QED) is 0.919. The van der Waals surface area contributed by atoms with E-state index in [0.717, 1.165) is 30.8 Å². The van der Waals surface area contributed by atoms with E-state index in [2.05, 4.69) is 37.4 Å². The van der Waals surface area contributed by atoms with Gasteiger partial charge < -0.3 is 14.5 Å². The van der Waals surface area contributed by atoms with E-state index in [-0.39, 0.29) is 11.6 Å². The predicted octanol–water partition coefficient (Wildman–Crippen LogP) is 3.96. The highest BCUT2D eigenvalue weighted by molar-refractivity contribution is 5.78. The minimum absolute atomic E-state index is 0.0931. The average molecular weight is 273 g/mol. The first-order valence-corrected chi connectivity index (χ1v) is 7.44. The zero-order chi connectivity index (χ0) is 14.2. The van der Waals surface area contributed by atoms with E-state index in [0.29, 0.717) is 0 Å². The van der Waals surface area contributed by atoms with Crippen molar-refractivity contribution < 1.29 is 9.15 Å². The van der Waals surface area contributed by atoms with Gasteiger partial charge >= 0.3 is 0 Å². The third-order valence-electron chi connectivity index (χ3n) is 4.37. The second kappa shape index (κ2) is 5.23. The van der Waals surface area contributed by atoms with Crippen LogP contribution < -0.4 is 5.32 Å². The molecule has 0 spiro atoms. The largest absolute Gasteiger partial charge is 0.459 e. The van der Waals surface area contributed by atoms with E-state index in [4.69, 9.17) is 9.15 Å². The average Bonchev–Trinajstić information content (AvgIpc) is 2.82. The Labute approximate surface area is 120 Å². The van der Waals surface area contributed by atoms with E-state index in [1.807, 2.05) is 13.1 Å². The zero-order valence-corrected chi connectivity index (χ0v) is 12.5. The summed E-state index contributed by atoms with van der Waals surface area (Å²) in [6.07, 6.45) is 3.44. The molecule has 1 aromatic carbocycles. The normalized spacial score (nSPS) is 24.9. The first-order chi connectivity index (χ1) is 9.62. The van der Waals surface area contributed by atoms with Crippen molar-refractivity contribution in [1.82, 2.24) is 5.32 Å². The molecule has 1 saturated heterocycles.